The number of unbranched alkanes of at least 4 members (excludes halogenated alkanes) is 19. The van der Waals surface area contributed by atoms with E-state index in [0.29, 0.717) is 12.8 Å². The van der Waals surface area contributed by atoms with Crippen LogP contribution in [-0.4, -0.2) is 60.5 Å². The van der Waals surface area contributed by atoms with Crippen molar-refractivity contribution < 1.29 is 42.7 Å². The highest BCUT2D eigenvalue weighted by Gasteiger charge is 2.26. The van der Waals surface area contributed by atoms with E-state index in [1.54, 1.807) is 0 Å². The van der Waals surface area contributed by atoms with Gasteiger partial charge in [-0.15, -0.1) is 0 Å². The van der Waals surface area contributed by atoms with Gasteiger partial charge in [-0.05, 0) is 90.4 Å². The lowest BCUT2D eigenvalue weighted by Crippen LogP contribution is -2.29. The predicted octanol–water partition coefficient (Wildman–Crippen LogP) is 13.0. The minimum absolute atomic E-state index is 0.0374. The van der Waals surface area contributed by atoms with Crippen molar-refractivity contribution in [1.29, 1.82) is 0 Å². The van der Waals surface area contributed by atoms with E-state index in [-0.39, 0.29) is 38.7 Å². The zero-order chi connectivity index (χ0) is 44.0. The third-order valence-corrected chi connectivity index (χ3v) is 10.9. The van der Waals surface area contributed by atoms with Crippen molar-refractivity contribution in [3.8, 4) is 0 Å². The summed E-state index contributed by atoms with van der Waals surface area (Å²) < 4.78 is 32.8. The Morgan fingerprint density at radius 2 is 1.00 bits per heavy atom. The molecule has 0 amide bonds. The van der Waals surface area contributed by atoms with Gasteiger partial charge in [-0.3, -0.25) is 18.6 Å². The number of phosphoric ester groups is 1. The second-order valence-corrected chi connectivity index (χ2v) is 17.4. The van der Waals surface area contributed by atoms with Gasteiger partial charge in [0.05, 0.1) is 19.3 Å². The molecule has 0 saturated carbocycles. The third-order valence-electron chi connectivity index (χ3n) is 9.89. The number of carbonyl (C=O) groups excluding carboxylic acids is 2. The molecule has 0 aliphatic rings. The van der Waals surface area contributed by atoms with Gasteiger partial charge < -0.3 is 25.2 Å². The molecule has 0 aliphatic carbocycles. The van der Waals surface area contributed by atoms with Crippen molar-refractivity contribution in [1.82, 2.24) is 0 Å². The number of nitrogens with two attached hydrogens (primary N) is 1. The first-order chi connectivity index (χ1) is 29.2. The first-order valence-electron chi connectivity index (χ1n) is 23.8. The molecule has 10 nitrogen and oxygen atoms in total. The lowest BCUT2D eigenvalue weighted by molar-refractivity contribution is -0.161. The molecule has 0 heterocycles. The number of hydrogen-bond donors (Lipinski definition) is 3. The van der Waals surface area contributed by atoms with E-state index in [2.05, 4.69) is 61.6 Å². The highest BCUT2D eigenvalue weighted by Crippen LogP contribution is 2.43. The Morgan fingerprint density at radius 1 is 0.567 bits per heavy atom. The highest BCUT2D eigenvalue weighted by atomic mass is 31.2. The molecule has 0 radical (unpaired) electrons. The van der Waals surface area contributed by atoms with Crippen molar-refractivity contribution >= 4 is 19.8 Å². The van der Waals surface area contributed by atoms with E-state index >= 15 is 0 Å². The van der Waals surface area contributed by atoms with E-state index in [1.807, 2.05) is 13.0 Å². The van der Waals surface area contributed by atoms with E-state index in [4.69, 9.17) is 24.3 Å². The Kier molecular flexibility index (Phi) is 43.0. The molecular formula is C49H88NO9P. The van der Waals surface area contributed by atoms with Gasteiger partial charge in [-0.25, -0.2) is 4.57 Å². The third kappa shape index (κ3) is 45.2. The summed E-state index contributed by atoms with van der Waals surface area (Å²) in [5.41, 5.74) is 5.35. The first kappa shape index (κ1) is 57.7. The second kappa shape index (κ2) is 44.7. The summed E-state index contributed by atoms with van der Waals surface area (Å²) in [6.45, 7) is 3.21. The molecule has 0 saturated heterocycles. The highest BCUT2D eigenvalue weighted by molar-refractivity contribution is 7.47. The Morgan fingerprint density at radius 3 is 1.52 bits per heavy atom. The monoisotopic (exact) mass is 866 g/mol. The van der Waals surface area contributed by atoms with Gasteiger partial charge in [0.2, 0.25) is 0 Å². The average molecular weight is 866 g/mol. The van der Waals surface area contributed by atoms with Crippen LogP contribution < -0.4 is 5.73 Å². The van der Waals surface area contributed by atoms with Gasteiger partial charge >= 0.3 is 19.8 Å². The number of aliphatic hydroxyl groups is 1. The normalized spacial score (nSPS) is 14.3. The molecule has 348 valence electrons. The number of esters is 2. The molecule has 0 rings (SSSR count). The maximum atomic E-state index is 12.6. The molecule has 0 spiro atoms. The molecule has 0 aromatic carbocycles. The zero-order valence-corrected chi connectivity index (χ0v) is 38.9. The van der Waals surface area contributed by atoms with Gasteiger partial charge in [0.15, 0.2) is 6.10 Å². The van der Waals surface area contributed by atoms with Crippen molar-refractivity contribution in [2.75, 3.05) is 26.4 Å². The number of phosphoric acid groups is 1. The Balaban J connectivity index is 4.16. The average Bonchev–Trinajstić information content (AvgIpc) is 3.22. The SMILES string of the molecule is CCCCCCCC/C=C\CCCCCCCCCCCCCC(=O)OC[C@H](COP(=O)(O)OCCN)OC(=O)CCC/C=C\C/C=C\C/C=C\C/C=C\CCC[C@H](C)O. The molecule has 0 aliphatic heterocycles. The summed E-state index contributed by atoms with van der Waals surface area (Å²) in [4.78, 5) is 34.9. The van der Waals surface area contributed by atoms with E-state index < -0.39 is 32.5 Å². The van der Waals surface area contributed by atoms with Crippen molar-refractivity contribution in [3.05, 3.63) is 60.8 Å². The standard InChI is InChI=1S/C49H88NO9P/c1-3-4-5-6-7-8-9-10-11-12-13-14-15-16-19-22-25-28-31-34-37-40-48(52)56-44-47(45-58-60(54,55)57-43-42-50)59-49(53)41-38-35-32-29-26-23-20-17-18-21-24-27-30-33-36-39-46(2)51/h10-11,18,20-21,23,27,29-30,32,46-47,51H,3-9,12-17,19,22,24-26,28,31,33-45,50H2,1-2H3,(H,54,55)/b11-10-,21-18-,23-20-,30-27-,32-29-/t46-,47+/m0/s1. The van der Waals surface area contributed by atoms with Crippen LogP contribution in [0.1, 0.15) is 200 Å². The Bertz CT molecular complexity index is 1180. The second-order valence-electron chi connectivity index (χ2n) is 15.9. The first-order valence-corrected chi connectivity index (χ1v) is 25.3. The topological polar surface area (TPSA) is 155 Å². The van der Waals surface area contributed by atoms with Crippen LogP contribution in [0, 0.1) is 0 Å². The van der Waals surface area contributed by atoms with E-state index in [9.17, 15) is 24.2 Å². The molecule has 0 fully saturated rings. The zero-order valence-electron chi connectivity index (χ0n) is 38.0. The number of rotatable bonds is 44. The minimum Gasteiger partial charge on any atom is -0.462 e. The predicted molar refractivity (Wildman–Crippen MR) is 249 cm³/mol. The maximum Gasteiger partial charge on any atom is 0.472 e. The van der Waals surface area contributed by atoms with Crippen LogP contribution in [-0.2, 0) is 32.7 Å². The van der Waals surface area contributed by atoms with Crippen LogP contribution in [0.3, 0.4) is 0 Å². The largest absolute Gasteiger partial charge is 0.472 e. The molecule has 0 aromatic rings. The van der Waals surface area contributed by atoms with Crippen LogP contribution >= 0.6 is 7.82 Å². The van der Waals surface area contributed by atoms with Gasteiger partial charge in [-0.1, -0.05) is 158 Å². The molecule has 60 heavy (non-hydrogen) atoms. The molecular weight excluding hydrogens is 778 g/mol. The maximum absolute atomic E-state index is 12.6. The van der Waals surface area contributed by atoms with E-state index in [0.717, 1.165) is 57.8 Å². The fourth-order valence-electron chi connectivity index (χ4n) is 6.35. The van der Waals surface area contributed by atoms with Gasteiger partial charge in [0.25, 0.3) is 0 Å². The summed E-state index contributed by atoms with van der Waals surface area (Å²) >= 11 is 0. The fourth-order valence-corrected chi connectivity index (χ4v) is 7.11. The fraction of sp³-hybridized carbons (Fsp3) is 0.755. The quantitative estimate of drug-likeness (QED) is 0.0233. The minimum atomic E-state index is -4.40. The van der Waals surface area contributed by atoms with Crippen molar-refractivity contribution in [3.63, 3.8) is 0 Å². The molecule has 4 N–H and O–H groups in total. The van der Waals surface area contributed by atoms with Gasteiger partial charge in [0, 0.05) is 19.4 Å². The summed E-state index contributed by atoms with van der Waals surface area (Å²) in [5.74, 6) is -0.911. The number of ether oxygens (including phenoxy) is 2. The van der Waals surface area contributed by atoms with E-state index in [1.165, 1.54) is 103 Å². The Hall–Kier alpha value is -2.33. The molecule has 11 heteroatoms. The van der Waals surface area contributed by atoms with Crippen LogP contribution in [0.25, 0.3) is 0 Å². The molecule has 3 atom stereocenters. The van der Waals surface area contributed by atoms with Gasteiger partial charge in [0.1, 0.15) is 6.61 Å². The van der Waals surface area contributed by atoms with Crippen LogP contribution in [0.2, 0.25) is 0 Å². The summed E-state index contributed by atoms with van der Waals surface area (Å²) in [7, 11) is -4.40. The van der Waals surface area contributed by atoms with Crippen LogP contribution in [0.5, 0.6) is 0 Å². The lowest BCUT2D eigenvalue weighted by atomic mass is 10.0. The molecule has 1 unspecified atom stereocenters. The summed E-state index contributed by atoms with van der Waals surface area (Å²) in [5, 5.41) is 9.27. The molecule has 0 bridgehead atoms. The van der Waals surface area contributed by atoms with Crippen LogP contribution in [0.4, 0.5) is 0 Å². The number of carbonyl (C=O) groups is 2. The lowest BCUT2D eigenvalue weighted by Gasteiger charge is -2.19. The smallest absolute Gasteiger partial charge is 0.462 e. The number of hydrogen-bond acceptors (Lipinski definition) is 9. The molecule has 0 aromatic heterocycles. The van der Waals surface area contributed by atoms with Gasteiger partial charge in [-0.2, -0.15) is 0 Å². The van der Waals surface area contributed by atoms with Crippen molar-refractivity contribution in [2.45, 2.75) is 212 Å². The number of allylic oxidation sites excluding steroid dienone is 10. The summed E-state index contributed by atoms with van der Waals surface area (Å²) in [6.07, 6.45) is 51.1. The summed E-state index contributed by atoms with van der Waals surface area (Å²) in [6, 6.07) is 0. The Labute approximate surface area is 366 Å². The van der Waals surface area contributed by atoms with Crippen LogP contribution in [0.15, 0.2) is 60.8 Å². The number of aliphatic hydroxyl groups excluding tert-OH is 1. The van der Waals surface area contributed by atoms with Crippen molar-refractivity contribution in [2.24, 2.45) is 5.73 Å².